The van der Waals surface area contributed by atoms with Gasteiger partial charge in [0.05, 0.1) is 0 Å². The van der Waals surface area contributed by atoms with Crippen LogP contribution in [0.15, 0.2) is 0 Å². The Labute approximate surface area is 137 Å². The van der Waals surface area contributed by atoms with E-state index in [1.807, 2.05) is 41.5 Å². The Morgan fingerprint density at radius 2 is 0.636 bits per heavy atom. The molecular weight excluding hydrogens is 304 g/mol. The zero-order valence-electron chi connectivity index (χ0n) is 15.0. The number of hydrogen-bond donors (Lipinski definition) is 0. The molecule has 0 amide bonds. The van der Waals surface area contributed by atoms with E-state index in [4.69, 9.17) is 28.4 Å². The van der Waals surface area contributed by atoms with Crippen LogP contribution in [0.5, 0.6) is 0 Å². The quantitative estimate of drug-likeness (QED) is 0.336. The molecule has 0 fully saturated rings. The highest BCUT2D eigenvalue weighted by atomic mass is 28.3. The predicted octanol–water partition coefficient (Wildman–Crippen LogP) is 2.03. The van der Waals surface area contributed by atoms with Gasteiger partial charge in [0.15, 0.2) is 0 Å². The fraction of sp³-hybridized carbons (Fsp3) is 1.00. The van der Waals surface area contributed by atoms with Gasteiger partial charge in [0.1, 0.15) is 17.7 Å². The normalized spacial score (nSPS) is 12.3. The molecule has 0 radical (unpaired) electrons. The molecule has 0 aromatic carbocycles. The van der Waals surface area contributed by atoms with Crippen LogP contribution in [0.3, 0.4) is 0 Å². The molecule has 0 aliphatic rings. The summed E-state index contributed by atoms with van der Waals surface area (Å²) in [6, 6.07) is 0. The maximum atomic E-state index is 5.81. The molecule has 6 nitrogen and oxygen atoms in total. The highest BCUT2D eigenvalue weighted by Gasteiger charge is 2.42. The van der Waals surface area contributed by atoms with Crippen molar-refractivity contribution in [2.45, 2.75) is 59.3 Å². The lowest BCUT2D eigenvalue weighted by Crippen LogP contribution is -2.57. The van der Waals surface area contributed by atoms with E-state index in [0.717, 1.165) is 0 Å². The Hall–Kier alpha value is -0.0231. The van der Waals surface area contributed by atoms with Crippen LogP contribution in [0.25, 0.3) is 0 Å². The largest absolute Gasteiger partial charge is 0.357 e. The summed E-state index contributed by atoms with van der Waals surface area (Å²) in [6.45, 7) is 15.0. The topological polar surface area (TPSA) is 55.4 Å². The SMILES string of the molecule is CCOC(OCC)[SiH](C(OCC)OCC)C(OCC)OCC. The average molecular weight is 339 g/mol. The third-order valence-electron chi connectivity index (χ3n) is 2.93. The van der Waals surface area contributed by atoms with Crippen molar-refractivity contribution in [1.29, 1.82) is 0 Å². The van der Waals surface area contributed by atoms with Crippen molar-refractivity contribution >= 4 is 8.80 Å². The van der Waals surface area contributed by atoms with Crippen LogP contribution in [0, 0.1) is 0 Å². The fourth-order valence-electron chi connectivity index (χ4n) is 2.18. The second kappa shape index (κ2) is 14.6. The van der Waals surface area contributed by atoms with Crippen molar-refractivity contribution in [2.24, 2.45) is 0 Å². The number of hydrogen-bond acceptors (Lipinski definition) is 6. The summed E-state index contributed by atoms with van der Waals surface area (Å²) >= 11 is 0. The lowest BCUT2D eigenvalue weighted by Gasteiger charge is -2.35. The molecule has 22 heavy (non-hydrogen) atoms. The first kappa shape index (κ1) is 22.0. The van der Waals surface area contributed by atoms with E-state index in [1.165, 1.54) is 0 Å². The van der Waals surface area contributed by atoms with E-state index in [1.54, 1.807) is 0 Å². The molecule has 0 aromatic rings. The standard InChI is InChI=1S/C15H34O6Si/c1-7-16-13(17-8-2)22(14(18-9-3)19-10-4)15(20-11-5)21-12-6/h13-15,22H,7-12H2,1-6H3. The lowest BCUT2D eigenvalue weighted by molar-refractivity contribution is -0.151. The molecule has 0 rings (SSSR count). The summed E-state index contributed by atoms with van der Waals surface area (Å²) in [5.74, 6) is -1.12. The minimum atomic E-state index is -2.02. The van der Waals surface area contributed by atoms with E-state index < -0.39 is 8.80 Å². The molecule has 0 aliphatic heterocycles. The zero-order valence-corrected chi connectivity index (χ0v) is 16.2. The monoisotopic (exact) mass is 338 g/mol. The van der Waals surface area contributed by atoms with Gasteiger partial charge in [-0.05, 0) is 41.5 Å². The van der Waals surface area contributed by atoms with Crippen LogP contribution >= 0.6 is 0 Å². The summed E-state index contributed by atoms with van der Waals surface area (Å²) in [6.07, 6.45) is 0. The molecule has 0 aromatic heterocycles. The second-order valence-corrected chi connectivity index (χ2v) is 7.20. The molecule has 7 heteroatoms. The van der Waals surface area contributed by atoms with Gasteiger partial charge in [0, 0.05) is 39.6 Å². The van der Waals surface area contributed by atoms with Gasteiger partial charge in [-0.25, -0.2) is 0 Å². The van der Waals surface area contributed by atoms with Crippen LogP contribution in [0.2, 0.25) is 0 Å². The Morgan fingerprint density at radius 3 is 0.773 bits per heavy atom. The highest BCUT2D eigenvalue weighted by molar-refractivity contribution is 6.61. The summed E-state index contributed by atoms with van der Waals surface area (Å²) < 4.78 is 34.9. The first-order chi connectivity index (χ1) is 10.7. The molecule has 0 bridgehead atoms. The minimum absolute atomic E-state index is 0.374. The lowest BCUT2D eigenvalue weighted by atomic mass is 10.8. The highest BCUT2D eigenvalue weighted by Crippen LogP contribution is 2.17. The smallest absolute Gasteiger partial charge is 0.235 e. The summed E-state index contributed by atoms with van der Waals surface area (Å²) in [7, 11) is -2.02. The molecule has 0 saturated heterocycles. The Kier molecular flexibility index (Phi) is 14.5. The summed E-state index contributed by atoms with van der Waals surface area (Å²) in [5, 5.41) is 0. The van der Waals surface area contributed by atoms with Gasteiger partial charge in [0.25, 0.3) is 0 Å². The zero-order chi connectivity index (χ0) is 16.8. The Morgan fingerprint density at radius 1 is 0.455 bits per heavy atom. The second-order valence-electron chi connectivity index (χ2n) is 4.41. The van der Waals surface area contributed by atoms with Gasteiger partial charge < -0.3 is 28.4 Å². The van der Waals surface area contributed by atoms with Crippen molar-refractivity contribution in [2.75, 3.05) is 39.6 Å². The molecular formula is C15H34O6Si. The van der Waals surface area contributed by atoms with E-state index in [2.05, 4.69) is 0 Å². The van der Waals surface area contributed by atoms with Gasteiger partial charge in [-0.15, -0.1) is 0 Å². The van der Waals surface area contributed by atoms with Crippen LogP contribution in [-0.4, -0.2) is 66.2 Å². The average Bonchev–Trinajstić information content (AvgIpc) is 2.49. The van der Waals surface area contributed by atoms with Crippen LogP contribution in [0.4, 0.5) is 0 Å². The van der Waals surface area contributed by atoms with Crippen molar-refractivity contribution < 1.29 is 28.4 Å². The first-order valence-electron chi connectivity index (χ1n) is 8.39. The van der Waals surface area contributed by atoms with E-state index in [-0.39, 0.29) is 17.7 Å². The molecule has 134 valence electrons. The molecule has 0 spiro atoms. The third kappa shape index (κ3) is 8.01. The Bertz CT molecular complexity index is 188. The molecule has 0 N–H and O–H groups in total. The van der Waals surface area contributed by atoms with E-state index in [9.17, 15) is 0 Å². The van der Waals surface area contributed by atoms with Crippen LogP contribution in [0.1, 0.15) is 41.5 Å². The number of rotatable bonds is 15. The maximum absolute atomic E-state index is 5.81. The van der Waals surface area contributed by atoms with E-state index in [0.29, 0.717) is 39.6 Å². The molecule has 0 saturated carbocycles. The van der Waals surface area contributed by atoms with Crippen molar-refractivity contribution in [3.8, 4) is 0 Å². The minimum Gasteiger partial charge on any atom is -0.357 e. The predicted molar refractivity (Wildman–Crippen MR) is 88.3 cm³/mol. The van der Waals surface area contributed by atoms with Crippen LogP contribution in [-0.2, 0) is 28.4 Å². The van der Waals surface area contributed by atoms with Gasteiger partial charge >= 0.3 is 0 Å². The summed E-state index contributed by atoms with van der Waals surface area (Å²) in [5.41, 5.74) is 0. The van der Waals surface area contributed by atoms with Gasteiger partial charge in [-0.2, -0.15) is 0 Å². The van der Waals surface area contributed by atoms with Crippen molar-refractivity contribution in [3.05, 3.63) is 0 Å². The molecule has 0 atom stereocenters. The van der Waals surface area contributed by atoms with Gasteiger partial charge in [0.2, 0.25) is 8.80 Å². The first-order valence-corrected chi connectivity index (χ1v) is 10.4. The third-order valence-corrected chi connectivity index (χ3v) is 5.97. The Balaban J connectivity index is 5.34. The van der Waals surface area contributed by atoms with Crippen molar-refractivity contribution in [3.63, 3.8) is 0 Å². The molecule has 0 heterocycles. The van der Waals surface area contributed by atoms with Crippen molar-refractivity contribution in [1.82, 2.24) is 0 Å². The van der Waals surface area contributed by atoms with E-state index >= 15 is 0 Å². The maximum Gasteiger partial charge on any atom is 0.235 e. The molecule has 0 unspecified atom stereocenters. The number of ether oxygens (including phenoxy) is 6. The van der Waals surface area contributed by atoms with Crippen LogP contribution < -0.4 is 0 Å². The van der Waals surface area contributed by atoms with Gasteiger partial charge in [-0.3, -0.25) is 0 Å². The summed E-state index contributed by atoms with van der Waals surface area (Å²) in [4.78, 5) is 0. The van der Waals surface area contributed by atoms with Gasteiger partial charge in [-0.1, -0.05) is 0 Å². The molecule has 0 aliphatic carbocycles. The fourth-order valence-corrected chi connectivity index (χ4v) is 5.44.